The lowest BCUT2D eigenvalue weighted by Crippen LogP contribution is -2.37. The molecular weight excluding hydrogens is 282 g/mol. The fraction of sp³-hybridized carbons (Fsp3) is 0.412. The van der Waals surface area contributed by atoms with Crippen LogP contribution in [0.1, 0.15) is 38.0 Å². The molecule has 2 atom stereocenters. The van der Waals surface area contributed by atoms with E-state index >= 15 is 0 Å². The van der Waals surface area contributed by atoms with Gasteiger partial charge in [-0.1, -0.05) is 0 Å². The quantitative estimate of drug-likeness (QED) is 0.630. The highest BCUT2D eigenvalue weighted by Gasteiger charge is 2.56. The van der Waals surface area contributed by atoms with Crippen LogP contribution in [0.2, 0.25) is 0 Å². The molecule has 1 fully saturated rings. The molecule has 1 aromatic heterocycles. The first-order chi connectivity index (χ1) is 10.5. The Kier molecular flexibility index (Phi) is 2.72. The van der Waals surface area contributed by atoms with Gasteiger partial charge in [0.1, 0.15) is 30.2 Å². The number of hydrogen-bond acceptors (Lipinski definition) is 5. The third kappa shape index (κ3) is 2.04. The Labute approximate surface area is 128 Å². The molecule has 2 aliphatic rings. The van der Waals surface area contributed by atoms with Gasteiger partial charge in [-0.05, 0) is 32.0 Å². The summed E-state index contributed by atoms with van der Waals surface area (Å²) in [5, 5.41) is 0.942. The number of carbonyl (C=O) groups excluding carboxylic acids is 1. The van der Waals surface area contributed by atoms with E-state index in [0.29, 0.717) is 0 Å². The Morgan fingerprint density at radius 2 is 2.23 bits per heavy atom. The maximum absolute atomic E-state index is 11.0. The number of carbonyl (C=O) groups is 1. The van der Waals surface area contributed by atoms with Crippen molar-refractivity contribution >= 4 is 16.9 Å². The summed E-state index contributed by atoms with van der Waals surface area (Å²) in [6.07, 6.45) is 1.94. The Balaban J connectivity index is 1.81. The molecule has 1 aromatic carbocycles. The third-order valence-corrected chi connectivity index (χ3v) is 4.25. The van der Waals surface area contributed by atoms with Crippen molar-refractivity contribution in [2.24, 2.45) is 0 Å². The minimum Gasteiger partial charge on any atom is -0.485 e. The SMILES string of the molecule is CC(=O)OCc1ccnc2cc3c(cc12)OC(C)(C)C1O[C@H]31. The molecule has 0 aliphatic carbocycles. The average Bonchev–Trinajstić information content (AvgIpc) is 3.25. The largest absolute Gasteiger partial charge is 0.485 e. The molecule has 3 heterocycles. The zero-order valence-electron chi connectivity index (χ0n) is 12.8. The first-order valence-electron chi connectivity index (χ1n) is 7.35. The normalized spacial score (nSPS) is 24.1. The Hall–Kier alpha value is -2.14. The highest BCUT2D eigenvalue weighted by molar-refractivity contribution is 5.85. The summed E-state index contributed by atoms with van der Waals surface area (Å²) in [6.45, 7) is 5.71. The summed E-state index contributed by atoms with van der Waals surface area (Å²) in [5.41, 5.74) is 2.50. The van der Waals surface area contributed by atoms with E-state index in [-0.39, 0.29) is 30.4 Å². The molecule has 114 valence electrons. The van der Waals surface area contributed by atoms with Gasteiger partial charge in [-0.15, -0.1) is 0 Å². The van der Waals surface area contributed by atoms with E-state index in [1.807, 2.05) is 32.0 Å². The van der Waals surface area contributed by atoms with E-state index in [9.17, 15) is 4.79 Å². The molecule has 2 aromatic rings. The van der Waals surface area contributed by atoms with Gasteiger partial charge in [0.2, 0.25) is 0 Å². The van der Waals surface area contributed by atoms with Crippen molar-refractivity contribution in [2.45, 2.75) is 45.2 Å². The van der Waals surface area contributed by atoms with Crippen molar-refractivity contribution in [3.63, 3.8) is 0 Å². The lowest BCUT2D eigenvalue weighted by atomic mass is 9.93. The number of fused-ring (bicyclic) bond motifs is 4. The summed E-state index contributed by atoms with van der Waals surface area (Å²) < 4.78 is 17.0. The van der Waals surface area contributed by atoms with E-state index in [0.717, 1.165) is 27.8 Å². The number of hydrogen-bond donors (Lipinski definition) is 0. The molecule has 0 N–H and O–H groups in total. The predicted octanol–water partition coefficient (Wildman–Crippen LogP) is 2.91. The summed E-state index contributed by atoms with van der Waals surface area (Å²) in [4.78, 5) is 15.5. The number of ether oxygens (including phenoxy) is 3. The topological polar surface area (TPSA) is 61.0 Å². The van der Waals surface area contributed by atoms with Gasteiger partial charge in [-0.25, -0.2) is 0 Å². The second-order valence-electron chi connectivity index (χ2n) is 6.34. The van der Waals surface area contributed by atoms with Crippen LogP contribution >= 0.6 is 0 Å². The second-order valence-corrected chi connectivity index (χ2v) is 6.34. The van der Waals surface area contributed by atoms with Crippen molar-refractivity contribution in [3.05, 3.63) is 35.5 Å². The third-order valence-electron chi connectivity index (χ3n) is 4.25. The molecule has 0 bridgehead atoms. The highest BCUT2D eigenvalue weighted by Crippen LogP contribution is 2.54. The van der Waals surface area contributed by atoms with Gasteiger partial charge in [0, 0.05) is 29.6 Å². The van der Waals surface area contributed by atoms with Crippen molar-refractivity contribution in [2.75, 3.05) is 0 Å². The molecule has 2 aliphatic heterocycles. The van der Waals surface area contributed by atoms with Crippen LogP contribution in [0, 0.1) is 0 Å². The van der Waals surface area contributed by atoms with E-state index in [4.69, 9.17) is 14.2 Å². The maximum Gasteiger partial charge on any atom is 0.302 e. The molecule has 1 saturated heterocycles. The Bertz CT molecular complexity index is 784. The molecule has 4 rings (SSSR count). The van der Waals surface area contributed by atoms with Gasteiger partial charge in [-0.3, -0.25) is 9.78 Å². The molecule has 1 unspecified atom stereocenters. The zero-order valence-corrected chi connectivity index (χ0v) is 12.8. The van der Waals surface area contributed by atoms with Crippen LogP contribution < -0.4 is 4.74 Å². The van der Waals surface area contributed by atoms with Crippen LogP contribution in [-0.4, -0.2) is 22.7 Å². The van der Waals surface area contributed by atoms with Gasteiger partial charge in [0.05, 0.1) is 5.52 Å². The van der Waals surface area contributed by atoms with Gasteiger partial charge in [0.15, 0.2) is 0 Å². The lowest BCUT2D eigenvalue weighted by molar-refractivity contribution is -0.142. The predicted molar refractivity (Wildman–Crippen MR) is 79.5 cm³/mol. The van der Waals surface area contributed by atoms with Crippen molar-refractivity contribution in [1.82, 2.24) is 4.98 Å². The molecule has 22 heavy (non-hydrogen) atoms. The summed E-state index contributed by atoms with van der Waals surface area (Å²) in [5.74, 6) is 0.530. The van der Waals surface area contributed by atoms with Crippen LogP contribution in [0.5, 0.6) is 5.75 Å². The molecular formula is C17H17NO4. The van der Waals surface area contributed by atoms with Crippen LogP contribution in [0.15, 0.2) is 24.4 Å². The van der Waals surface area contributed by atoms with Gasteiger partial charge < -0.3 is 14.2 Å². The molecule has 0 amide bonds. The fourth-order valence-corrected chi connectivity index (χ4v) is 3.08. The number of nitrogens with zero attached hydrogens (tertiary/aromatic N) is 1. The summed E-state index contributed by atoms with van der Waals surface area (Å²) in [6, 6.07) is 5.86. The zero-order chi connectivity index (χ0) is 15.5. The van der Waals surface area contributed by atoms with Crippen LogP contribution in [-0.2, 0) is 20.9 Å². The van der Waals surface area contributed by atoms with Gasteiger partial charge in [0.25, 0.3) is 0 Å². The first-order valence-corrected chi connectivity index (χ1v) is 7.35. The first kappa shape index (κ1) is 13.5. The van der Waals surface area contributed by atoms with Crippen LogP contribution in [0.3, 0.4) is 0 Å². The van der Waals surface area contributed by atoms with Crippen molar-refractivity contribution in [1.29, 1.82) is 0 Å². The van der Waals surface area contributed by atoms with Crippen LogP contribution in [0.25, 0.3) is 10.9 Å². The monoisotopic (exact) mass is 299 g/mol. The minimum atomic E-state index is -0.330. The highest BCUT2D eigenvalue weighted by atomic mass is 16.6. The minimum absolute atomic E-state index is 0.0991. The van der Waals surface area contributed by atoms with Crippen LogP contribution in [0.4, 0.5) is 0 Å². The lowest BCUT2D eigenvalue weighted by Gasteiger charge is -2.29. The van der Waals surface area contributed by atoms with Gasteiger partial charge >= 0.3 is 5.97 Å². The fourth-order valence-electron chi connectivity index (χ4n) is 3.08. The second kappa shape index (κ2) is 4.43. The summed E-state index contributed by atoms with van der Waals surface area (Å²) >= 11 is 0. The van der Waals surface area contributed by atoms with E-state index in [1.54, 1.807) is 6.20 Å². The smallest absolute Gasteiger partial charge is 0.302 e. The van der Waals surface area contributed by atoms with E-state index in [2.05, 4.69) is 4.98 Å². The average molecular weight is 299 g/mol. The van der Waals surface area contributed by atoms with E-state index in [1.165, 1.54) is 6.92 Å². The molecule has 0 radical (unpaired) electrons. The molecule has 0 spiro atoms. The van der Waals surface area contributed by atoms with Crippen molar-refractivity contribution < 1.29 is 19.0 Å². The van der Waals surface area contributed by atoms with Gasteiger partial charge in [-0.2, -0.15) is 0 Å². The molecule has 0 saturated carbocycles. The number of epoxide rings is 1. The molecule has 5 heteroatoms. The standard InChI is InChI=1S/C17H17NO4/c1-9(19)20-8-10-4-5-18-13-6-12-14(7-11(10)13)22-17(2,3)16-15(12)21-16/h4-7,15-16H,8H2,1-3H3/t15-,16?/m1/s1. The molecule has 5 nitrogen and oxygen atoms in total. The Morgan fingerprint density at radius 1 is 1.41 bits per heavy atom. The number of benzene rings is 1. The maximum atomic E-state index is 11.0. The summed E-state index contributed by atoms with van der Waals surface area (Å²) in [7, 11) is 0. The number of esters is 1. The Morgan fingerprint density at radius 3 is 3.00 bits per heavy atom. The number of aromatic nitrogens is 1. The number of pyridine rings is 1. The van der Waals surface area contributed by atoms with E-state index < -0.39 is 0 Å². The number of rotatable bonds is 2. The van der Waals surface area contributed by atoms with Crippen molar-refractivity contribution in [3.8, 4) is 5.75 Å².